The van der Waals surface area contributed by atoms with E-state index in [1.54, 1.807) is 11.8 Å². The summed E-state index contributed by atoms with van der Waals surface area (Å²) >= 11 is 1.62. The van der Waals surface area contributed by atoms with Gasteiger partial charge in [-0.1, -0.05) is 39.0 Å². The van der Waals surface area contributed by atoms with E-state index in [0.717, 1.165) is 37.9 Å². The maximum absolute atomic E-state index is 12.8. The smallest absolute Gasteiger partial charge is 0.220 e. The summed E-state index contributed by atoms with van der Waals surface area (Å²) in [6.45, 7) is 23.2. The lowest BCUT2D eigenvalue weighted by Crippen LogP contribution is -2.63. The summed E-state index contributed by atoms with van der Waals surface area (Å²) in [6, 6.07) is 0. The van der Waals surface area contributed by atoms with E-state index in [1.165, 1.54) is 26.2 Å². The van der Waals surface area contributed by atoms with Crippen LogP contribution in [-0.4, -0.2) is 68.1 Å². The second-order valence-electron chi connectivity index (χ2n) is 15.0. The molecule has 260 valence electrons. The largest absolute Gasteiger partial charge is 0.374 e. The van der Waals surface area contributed by atoms with E-state index in [2.05, 4.69) is 51.1 Å². The Labute approximate surface area is 283 Å². The van der Waals surface area contributed by atoms with E-state index >= 15 is 0 Å². The van der Waals surface area contributed by atoms with Crippen molar-refractivity contribution in [2.24, 2.45) is 46.3 Å². The van der Waals surface area contributed by atoms with Crippen LogP contribution >= 0.6 is 11.8 Å². The molecule has 3 unspecified atom stereocenters. The zero-order valence-electron chi connectivity index (χ0n) is 29.1. The first-order valence-electron chi connectivity index (χ1n) is 17.9. The van der Waals surface area contributed by atoms with E-state index in [1.807, 2.05) is 18.2 Å². The Kier molecular flexibility index (Phi) is 13.9. The molecule has 0 saturated heterocycles. The van der Waals surface area contributed by atoms with Crippen molar-refractivity contribution in [1.82, 2.24) is 10.6 Å². The minimum atomic E-state index is -0.0298. The van der Waals surface area contributed by atoms with Gasteiger partial charge in [-0.05, 0) is 92.3 Å². The molecule has 2 N–H and O–H groups in total. The van der Waals surface area contributed by atoms with E-state index in [4.69, 9.17) is 14.2 Å². The Morgan fingerprint density at radius 2 is 1.65 bits per heavy atom. The molecule has 2 amide bonds. The highest BCUT2D eigenvalue weighted by Crippen LogP contribution is 2.69. The van der Waals surface area contributed by atoms with Crippen LogP contribution in [0.25, 0.3) is 0 Å². The van der Waals surface area contributed by atoms with Gasteiger partial charge in [0.2, 0.25) is 11.8 Å². The van der Waals surface area contributed by atoms with Crippen molar-refractivity contribution in [3.8, 4) is 0 Å². The maximum Gasteiger partial charge on any atom is 0.220 e. The summed E-state index contributed by atoms with van der Waals surface area (Å²) < 4.78 is 19.7. The lowest BCUT2D eigenvalue weighted by Gasteiger charge is -2.64. The minimum Gasteiger partial charge on any atom is -0.374 e. The highest BCUT2D eigenvalue weighted by atomic mass is 32.2. The van der Waals surface area contributed by atoms with Crippen LogP contribution in [0.5, 0.6) is 0 Å². The van der Waals surface area contributed by atoms with Crippen molar-refractivity contribution in [2.75, 3.05) is 38.0 Å². The van der Waals surface area contributed by atoms with Gasteiger partial charge in [0.1, 0.15) is 0 Å². The minimum absolute atomic E-state index is 0.0175. The topological polar surface area (TPSA) is 85.9 Å². The lowest BCUT2D eigenvalue weighted by molar-refractivity contribution is -0.223. The van der Waals surface area contributed by atoms with Gasteiger partial charge in [-0.25, -0.2) is 0 Å². The van der Waals surface area contributed by atoms with Crippen molar-refractivity contribution in [1.29, 1.82) is 0 Å². The number of hydrogen-bond donors (Lipinski definition) is 2. The number of fused-ring (bicyclic) bond motifs is 5. The quantitative estimate of drug-likeness (QED) is 0.0944. The first-order valence-corrected chi connectivity index (χ1v) is 19.0. The molecule has 0 heterocycles. The van der Waals surface area contributed by atoms with Gasteiger partial charge in [0.15, 0.2) is 0 Å². The Balaban J connectivity index is 1.48. The van der Waals surface area contributed by atoms with Crippen molar-refractivity contribution in [3.05, 3.63) is 38.0 Å². The molecule has 11 atom stereocenters. The van der Waals surface area contributed by atoms with Gasteiger partial charge in [0, 0.05) is 31.1 Å². The molecule has 4 aliphatic carbocycles. The average Bonchev–Trinajstić information content (AvgIpc) is 3.40. The van der Waals surface area contributed by atoms with Gasteiger partial charge < -0.3 is 24.8 Å². The second kappa shape index (κ2) is 17.2. The van der Waals surface area contributed by atoms with E-state index in [0.29, 0.717) is 80.3 Å². The summed E-state index contributed by atoms with van der Waals surface area (Å²) in [5, 5.41) is 5.86. The summed E-state index contributed by atoms with van der Waals surface area (Å²) in [5.41, 5.74) is 0.260. The summed E-state index contributed by atoms with van der Waals surface area (Å²) in [5.74, 6) is 4.47. The maximum atomic E-state index is 12.8. The molecule has 0 aliphatic heterocycles. The first kappa shape index (κ1) is 37.2. The molecule has 0 aromatic heterocycles. The molecule has 0 spiro atoms. The number of ether oxygens (including phenoxy) is 3. The van der Waals surface area contributed by atoms with Gasteiger partial charge >= 0.3 is 0 Å². The van der Waals surface area contributed by atoms with E-state index in [-0.39, 0.29) is 34.9 Å². The van der Waals surface area contributed by atoms with Crippen LogP contribution in [0.1, 0.15) is 85.5 Å². The standard InChI is InChI=1S/C38H62N2O5S/c1-8-18-43-29-15-16-37(6)28(22-29)23-33(44-19-9-2)36-31-13-12-30(38(31,7)34(24-32(36)37)45-20-10-3)26(4)11-14-35(42)39-17-21-46-25-40-27(5)41/h8-10,26,28-34,36H,1-3,11-25H2,4-7H3,(H,39,42)(H,40,41)/t26-,28?,29-,30-,31+,32?,33-,34+,36?,37+,38-/m1/s1. The van der Waals surface area contributed by atoms with Crippen LogP contribution in [0, 0.1) is 46.3 Å². The molecule has 0 aromatic carbocycles. The van der Waals surface area contributed by atoms with Gasteiger partial charge in [0.05, 0.1) is 44.0 Å². The Bertz CT molecular complexity index is 1050. The van der Waals surface area contributed by atoms with Gasteiger partial charge in [-0.3, -0.25) is 9.59 Å². The van der Waals surface area contributed by atoms with E-state index < -0.39 is 0 Å². The molecule has 0 aromatic rings. The fraction of sp³-hybridized carbons (Fsp3) is 0.789. The Morgan fingerprint density at radius 3 is 2.37 bits per heavy atom. The van der Waals surface area contributed by atoms with E-state index in [9.17, 15) is 9.59 Å². The summed E-state index contributed by atoms with van der Waals surface area (Å²) in [6.07, 6.45) is 15.7. The predicted molar refractivity (Wildman–Crippen MR) is 188 cm³/mol. The van der Waals surface area contributed by atoms with Gasteiger partial charge in [-0.2, -0.15) is 0 Å². The van der Waals surface area contributed by atoms with Crippen molar-refractivity contribution in [2.45, 2.75) is 104 Å². The normalized spacial score (nSPS) is 37.2. The molecule has 0 bridgehead atoms. The summed E-state index contributed by atoms with van der Waals surface area (Å²) in [4.78, 5) is 23.8. The van der Waals surface area contributed by atoms with Crippen LogP contribution in [0.4, 0.5) is 0 Å². The Hall–Kier alpha value is -1.61. The molecule has 4 rings (SSSR count). The number of carbonyl (C=O) groups is 2. The SMILES string of the molecule is C=CCO[C@@H]1CC[C@@]2(C)C(C1)C[C@@H](OCC=C)C1C2C[C@H](OCC=C)[C@]2(C)[C@@H]([C@H](C)CCC(=O)NCCSCNC(C)=O)CC[C@@H]12. The van der Waals surface area contributed by atoms with Crippen molar-refractivity contribution in [3.63, 3.8) is 0 Å². The fourth-order valence-corrected chi connectivity index (χ4v) is 11.0. The van der Waals surface area contributed by atoms with Crippen molar-refractivity contribution < 1.29 is 23.8 Å². The number of hydrogen-bond acceptors (Lipinski definition) is 6. The highest BCUT2D eigenvalue weighted by Gasteiger charge is 2.66. The molecule has 4 fully saturated rings. The van der Waals surface area contributed by atoms with Crippen LogP contribution < -0.4 is 10.6 Å². The van der Waals surface area contributed by atoms with Crippen LogP contribution in [0.15, 0.2) is 38.0 Å². The highest BCUT2D eigenvalue weighted by molar-refractivity contribution is 7.99. The number of nitrogens with one attached hydrogen (secondary N) is 2. The molecule has 4 saturated carbocycles. The first-order chi connectivity index (χ1) is 22.1. The third-order valence-corrected chi connectivity index (χ3v) is 13.4. The van der Waals surface area contributed by atoms with Crippen LogP contribution in [-0.2, 0) is 23.8 Å². The Morgan fingerprint density at radius 1 is 0.935 bits per heavy atom. The molecule has 4 aliphatic rings. The lowest BCUT2D eigenvalue weighted by atomic mass is 9.43. The fourth-order valence-electron chi connectivity index (χ4n) is 10.4. The van der Waals surface area contributed by atoms with Gasteiger partial charge in [0.25, 0.3) is 0 Å². The van der Waals surface area contributed by atoms with Crippen LogP contribution in [0.3, 0.4) is 0 Å². The molecular weight excluding hydrogens is 596 g/mol. The second-order valence-corrected chi connectivity index (χ2v) is 16.1. The zero-order valence-corrected chi connectivity index (χ0v) is 29.9. The zero-order chi connectivity index (χ0) is 33.3. The summed E-state index contributed by atoms with van der Waals surface area (Å²) in [7, 11) is 0. The third kappa shape index (κ3) is 8.33. The molecule has 0 radical (unpaired) electrons. The van der Waals surface area contributed by atoms with Crippen molar-refractivity contribution >= 4 is 23.6 Å². The molecule has 8 heteroatoms. The number of amides is 2. The molecule has 46 heavy (non-hydrogen) atoms. The predicted octanol–water partition coefficient (Wildman–Crippen LogP) is 6.94. The monoisotopic (exact) mass is 658 g/mol. The number of carbonyl (C=O) groups excluding carboxylic acids is 2. The third-order valence-electron chi connectivity index (χ3n) is 12.6. The van der Waals surface area contributed by atoms with Crippen LogP contribution in [0.2, 0.25) is 0 Å². The molecular formula is C38H62N2O5S. The number of thioether (sulfide) groups is 1. The number of rotatable bonds is 18. The molecule has 7 nitrogen and oxygen atoms in total. The van der Waals surface area contributed by atoms with Gasteiger partial charge in [-0.15, -0.1) is 31.5 Å². The average molecular weight is 659 g/mol.